The third kappa shape index (κ3) is 6.95. The lowest BCUT2D eigenvalue weighted by Gasteiger charge is -2.18. The van der Waals surface area contributed by atoms with Gasteiger partial charge in [-0.25, -0.2) is 4.99 Å². The van der Waals surface area contributed by atoms with E-state index in [0.717, 1.165) is 6.34 Å². The first-order chi connectivity index (χ1) is 6.33. The van der Waals surface area contributed by atoms with E-state index in [4.69, 9.17) is 0 Å². The molecular weight excluding hydrogens is 192 g/mol. The van der Waals surface area contributed by atoms with Crippen LogP contribution in [0.5, 0.6) is 0 Å². The first-order valence-corrected chi connectivity index (χ1v) is 3.83. The smallest absolute Gasteiger partial charge is 0.295 e. The quantitative estimate of drug-likeness (QED) is 0.281. The maximum Gasteiger partial charge on any atom is 0.295 e. The molecular formula is C6H12N4O4. The number of aliphatic imine (C=N–C) groups is 1. The summed E-state index contributed by atoms with van der Waals surface area (Å²) in [6, 6.07) is 0. The Balaban J connectivity index is 3.91. The van der Waals surface area contributed by atoms with Crippen LogP contribution in [0.2, 0.25) is 0 Å². The summed E-state index contributed by atoms with van der Waals surface area (Å²) in [5.74, 6) is 0. The second-order valence-electron chi connectivity index (χ2n) is 3.30. The topological polar surface area (TPSA) is 111 Å². The van der Waals surface area contributed by atoms with Crippen LogP contribution in [0.1, 0.15) is 13.8 Å². The fraction of sp³-hybridized carbons (Fsp3) is 0.833. The van der Waals surface area contributed by atoms with Crippen molar-refractivity contribution in [2.45, 2.75) is 19.4 Å². The Morgan fingerprint density at radius 3 is 2.36 bits per heavy atom. The number of hydrogen-bond acceptors (Lipinski definition) is 5. The van der Waals surface area contributed by atoms with Crippen LogP contribution in [-0.2, 0) is 0 Å². The number of nitrogens with zero attached hydrogens (tertiary/aromatic N) is 3. The molecule has 14 heavy (non-hydrogen) atoms. The highest BCUT2D eigenvalue weighted by molar-refractivity contribution is 5.55. The Morgan fingerprint density at radius 1 is 1.36 bits per heavy atom. The van der Waals surface area contributed by atoms with Gasteiger partial charge in [-0.1, -0.05) is 0 Å². The Hall–Kier alpha value is -1.73. The Labute approximate surface area is 80.3 Å². The second kappa shape index (κ2) is 5.10. The van der Waals surface area contributed by atoms with Crippen molar-refractivity contribution in [3.05, 3.63) is 20.2 Å². The van der Waals surface area contributed by atoms with Gasteiger partial charge in [0.05, 0.1) is 11.9 Å². The van der Waals surface area contributed by atoms with Crippen LogP contribution in [0.25, 0.3) is 0 Å². The van der Waals surface area contributed by atoms with Gasteiger partial charge in [0.25, 0.3) is 6.67 Å². The van der Waals surface area contributed by atoms with Gasteiger partial charge in [0.15, 0.2) is 0 Å². The first-order valence-electron chi connectivity index (χ1n) is 3.83. The van der Waals surface area contributed by atoms with Crippen LogP contribution < -0.4 is 5.32 Å². The van der Waals surface area contributed by atoms with Crippen molar-refractivity contribution in [2.75, 3.05) is 13.2 Å². The van der Waals surface area contributed by atoms with E-state index in [0.29, 0.717) is 0 Å². The van der Waals surface area contributed by atoms with E-state index in [-0.39, 0.29) is 6.54 Å². The van der Waals surface area contributed by atoms with E-state index in [1.807, 2.05) is 0 Å². The molecule has 0 heterocycles. The van der Waals surface area contributed by atoms with Gasteiger partial charge in [-0.3, -0.25) is 20.2 Å². The maximum atomic E-state index is 10.2. The van der Waals surface area contributed by atoms with Crippen molar-refractivity contribution < 1.29 is 9.85 Å². The van der Waals surface area contributed by atoms with Gasteiger partial charge >= 0.3 is 0 Å². The van der Waals surface area contributed by atoms with E-state index >= 15 is 0 Å². The number of nitrogens with one attached hydrogen (secondary N) is 1. The molecule has 0 aromatic heterocycles. The summed E-state index contributed by atoms with van der Waals surface area (Å²) >= 11 is 0. The first kappa shape index (κ1) is 12.3. The summed E-state index contributed by atoms with van der Waals surface area (Å²) < 4.78 is 0. The van der Waals surface area contributed by atoms with Gasteiger partial charge < -0.3 is 5.32 Å². The van der Waals surface area contributed by atoms with E-state index in [1.54, 1.807) is 13.8 Å². The van der Waals surface area contributed by atoms with E-state index in [2.05, 4.69) is 10.3 Å². The largest absolute Gasteiger partial charge is 0.365 e. The molecule has 8 heteroatoms. The van der Waals surface area contributed by atoms with Gasteiger partial charge in [-0.05, 0) is 13.8 Å². The molecule has 0 aliphatic rings. The fourth-order valence-electron chi connectivity index (χ4n) is 0.696. The highest BCUT2D eigenvalue weighted by atomic mass is 16.6. The summed E-state index contributed by atoms with van der Waals surface area (Å²) in [4.78, 5) is 22.4. The van der Waals surface area contributed by atoms with Crippen LogP contribution in [-0.4, -0.2) is 34.9 Å². The highest BCUT2D eigenvalue weighted by Crippen LogP contribution is 1.99. The van der Waals surface area contributed by atoms with Gasteiger partial charge in [0.1, 0.15) is 0 Å². The predicted octanol–water partition coefficient (Wildman–Crippen LogP) is -0.106. The molecule has 0 aromatic carbocycles. The van der Waals surface area contributed by atoms with Crippen molar-refractivity contribution in [1.29, 1.82) is 0 Å². The minimum Gasteiger partial charge on any atom is -0.365 e. The van der Waals surface area contributed by atoms with Crippen molar-refractivity contribution in [1.82, 2.24) is 5.32 Å². The van der Waals surface area contributed by atoms with Crippen LogP contribution in [0.15, 0.2) is 4.99 Å². The molecule has 0 rings (SSSR count). The zero-order valence-electron chi connectivity index (χ0n) is 7.97. The molecule has 0 aliphatic heterocycles. The normalized spacial score (nSPS) is 11.6. The summed E-state index contributed by atoms with van der Waals surface area (Å²) in [6.45, 7) is 2.39. The molecule has 80 valence electrons. The lowest BCUT2D eigenvalue weighted by Crippen LogP contribution is -2.44. The lowest BCUT2D eigenvalue weighted by molar-refractivity contribution is -0.488. The molecule has 0 radical (unpaired) electrons. The Kier molecular flexibility index (Phi) is 4.47. The molecule has 0 atom stereocenters. The SMILES string of the molecule is CC(C)(C[N+](=O)[O-])N/C=N\C[N+](=O)[O-]. The molecule has 8 nitrogen and oxygen atoms in total. The minimum atomic E-state index is -0.760. The molecule has 0 aromatic rings. The van der Waals surface area contributed by atoms with Gasteiger partial charge in [0.2, 0.25) is 6.54 Å². The van der Waals surface area contributed by atoms with E-state index < -0.39 is 22.1 Å². The van der Waals surface area contributed by atoms with E-state index in [1.165, 1.54) is 0 Å². The molecule has 0 spiro atoms. The predicted molar refractivity (Wildman–Crippen MR) is 49.4 cm³/mol. The molecule has 0 amide bonds. The third-order valence-corrected chi connectivity index (χ3v) is 1.27. The molecule has 0 aliphatic carbocycles. The lowest BCUT2D eigenvalue weighted by atomic mass is 10.1. The van der Waals surface area contributed by atoms with Crippen molar-refractivity contribution in [3.8, 4) is 0 Å². The number of rotatable bonds is 6. The minimum absolute atomic E-state index is 0.280. The molecule has 0 saturated heterocycles. The number of hydrogen-bond donors (Lipinski definition) is 1. The highest BCUT2D eigenvalue weighted by Gasteiger charge is 2.22. The standard InChI is InChI=1S/C6H12N4O4/c1-6(2,3-9(11)12)8-4-7-5-10(13)14/h4H,3,5H2,1-2H3,(H,7,8). The number of nitro groups is 2. The van der Waals surface area contributed by atoms with Crippen molar-refractivity contribution in [2.24, 2.45) is 4.99 Å². The third-order valence-electron chi connectivity index (χ3n) is 1.27. The second-order valence-corrected chi connectivity index (χ2v) is 3.30. The van der Waals surface area contributed by atoms with Crippen molar-refractivity contribution in [3.63, 3.8) is 0 Å². The summed E-state index contributed by atoms with van der Waals surface area (Å²) in [5.41, 5.74) is -0.760. The average molecular weight is 204 g/mol. The van der Waals surface area contributed by atoms with E-state index in [9.17, 15) is 20.2 Å². The average Bonchev–Trinajstić information content (AvgIpc) is 1.95. The fourth-order valence-corrected chi connectivity index (χ4v) is 0.696. The van der Waals surface area contributed by atoms with Crippen LogP contribution in [0, 0.1) is 20.2 Å². The summed E-state index contributed by atoms with van der Waals surface area (Å²) in [5, 5.41) is 22.6. The Morgan fingerprint density at radius 2 is 1.93 bits per heavy atom. The van der Waals surface area contributed by atoms with Crippen LogP contribution >= 0.6 is 0 Å². The zero-order valence-corrected chi connectivity index (χ0v) is 7.97. The van der Waals surface area contributed by atoms with Crippen molar-refractivity contribution >= 4 is 6.34 Å². The summed E-state index contributed by atoms with van der Waals surface area (Å²) in [6.07, 6.45) is 1.12. The molecule has 0 bridgehead atoms. The molecule has 0 fully saturated rings. The van der Waals surface area contributed by atoms with Crippen LogP contribution in [0.4, 0.5) is 0 Å². The van der Waals surface area contributed by atoms with Gasteiger partial charge in [0, 0.05) is 9.85 Å². The van der Waals surface area contributed by atoms with Gasteiger partial charge in [-0.15, -0.1) is 0 Å². The van der Waals surface area contributed by atoms with Crippen LogP contribution in [0.3, 0.4) is 0 Å². The zero-order chi connectivity index (χ0) is 11.2. The summed E-state index contributed by atoms with van der Waals surface area (Å²) in [7, 11) is 0. The molecule has 0 saturated carbocycles. The molecule has 0 unspecified atom stereocenters. The Bertz CT molecular complexity index is 250. The van der Waals surface area contributed by atoms with Gasteiger partial charge in [-0.2, -0.15) is 0 Å². The monoisotopic (exact) mass is 204 g/mol. The molecule has 1 N–H and O–H groups in total. The maximum absolute atomic E-state index is 10.2.